The Morgan fingerprint density at radius 2 is 1.29 bits per heavy atom. The van der Waals surface area contributed by atoms with Gasteiger partial charge in [0, 0.05) is 18.3 Å². The van der Waals surface area contributed by atoms with E-state index in [4.69, 9.17) is 11.5 Å². The molecule has 0 saturated carbocycles. The number of imidazole rings is 1. The number of aromatic nitrogens is 2. The number of carbonyl (C=O) groups is 6. The number of benzene rings is 1. The number of nitrogens with one attached hydrogen (secondary N) is 6. The number of nitrogens with two attached hydrogens (primary N) is 2. The summed E-state index contributed by atoms with van der Waals surface area (Å²) in [5, 5.41) is 31.5. The van der Waals surface area contributed by atoms with E-state index in [2.05, 4.69) is 36.6 Å². The average Bonchev–Trinajstić information content (AvgIpc) is 3.57. The second-order valence-corrected chi connectivity index (χ2v) is 12.4. The van der Waals surface area contributed by atoms with Crippen LogP contribution in [-0.4, -0.2) is 105 Å². The first-order chi connectivity index (χ1) is 23.2. The molecule has 270 valence electrons. The van der Waals surface area contributed by atoms with E-state index in [1.165, 1.54) is 12.5 Å². The van der Waals surface area contributed by atoms with Crippen molar-refractivity contribution >= 4 is 35.4 Å². The second kappa shape index (κ2) is 19.8. The number of hydrogen-bond acceptors (Lipinski definition) is 10. The lowest BCUT2D eigenvalue weighted by molar-refractivity contribution is -0.136. The molecule has 0 unspecified atom stereocenters. The van der Waals surface area contributed by atoms with Crippen molar-refractivity contribution in [2.75, 3.05) is 13.2 Å². The minimum Gasteiger partial charge on any atom is -0.394 e. The third-order valence-electron chi connectivity index (χ3n) is 7.49. The van der Waals surface area contributed by atoms with Crippen molar-refractivity contribution in [2.45, 2.75) is 83.2 Å². The van der Waals surface area contributed by atoms with Crippen molar-refractivity contribution < 1.29 is 39.0 Å². The van der Waals surface area contributed by atoms with Crippen molar-refractivity contribution in [3.63, 3.8) is 0 Å². The maximum Gasteiger partial charge on any atom is 0.245 e. The zero-order valence-corrected chi connectivity index (χ0v) is 28.1. The van der Waals surface area contributed by atoms with Gasteiger partial charge in [-0.2, -0.15) is 0 Å². The maximum atomic E-state index is 13.6. The Morgan fingerprint density at radius 3 is 1.82 bits per heavy atom. The highest BCUT2D eigenvalue weighted by Gasteiger charge is 2.34. The molecule has 2 aromatic rings. The van der Waals surface area contributed by atoms with Crippen LogP contribution in [0.1, 0.15) is 45.4 Å². The molecule has 0 aliphatic rings. The molecular weight excluding hydrogens is 638 g/mol. The SMILES string of the molecule is CC(C)C[C@H](NC(=O)[C@@H](N)Cc1ccccc1)C(=O)N[C@H](C(=O)N[C@@H](Cc1cnc[nH]1)C(=O)N[C@@H](CO)C(=O)N[C@@H](CO)C(N)=O)C(C)C. The molecule has 6 atom stereocenters. The molecule has 0 saturated heterocycles. The summed E-state index contributed by atoms with van der Waals surface area (Å²) in [6, 6.07) is 1.72. The van der Waals surface area contributed by atoms with Crippen molar-refractivity contribution in [2.24, 2.45) is 23.3 Å². The first-order valence-corrected chi connectivity index (χ1v) is 16.0. The van der Waals surface area contributed by atoms with Gasteiger partial charge in [0.2, 0.25) is 35.4 Å². The summed E-state index contributed by atoms with van der Waals surface area (Å²) in [7, 11) is 0. The van der Waals surface area contributed by atoms with Crippen LogP contribution in [0.3, 0.4) is 0 Å². The van der Waals surface area contributed by atoms with E-state index >= 15 is 0 Å². The van der Waals surface area contributed by atoms with E-state index in [0.717, 1.165) is 5.56 Å². The van der Waals surface area contributed by atoms with Crippen LogP contribution in [0.5, 0.6) is 0 Å². The third kappa shape index (κ3) is 13.3. The zero-order chi connectivity index (χ0) is 36.7. The Morgan fingerprint density at radius 1 is 0.735 bits per heavy atom. The highest BCUT2D eigenvalue weighted by atomic mass is 16.3. The van der Waals surface area contributed by atoms with Gasteiger partial charge in [0.05, 0.1) is 25.6 Å². The monoisotopic (exact) mass is 687 g/mol. The molecule has 0 radical (unpaired) electrons. The Labute approximate surface area is 284 Å². The summed E-state index contributed by atoms with van der Waals surface area (Å²) in [4.78, 5) is 84.4. The number of rotatable bonds is 20. The minimum atomic E-state index is -1.57. The van der Waals surface area contributed by atoms with Crippen LogP contribution in [0.4, 0.5) is 0 Å². The Bertz CT molecular complexity index is 1390. The fourth-order valence-corrected chi connectivity index (χ4v) is 4.76. The number of amides is 6. The second-order valence-electron chi connectivity index (χ2n) is 12.4. The topological polar surface area (TPSA) is 284 Å². The highest BCUT2D eigenvalue weighted by Crippen LogP contribution is 2.10. The van der Waals surface area contributed by atoms with Crippen LogP contribution in [0.25, 0.3) is 0 Å². The van der Waals surface area contributed by atoms with Crippen molar-refractivity contribution in [3.05, 3.63) is 54.1 Å². The van der Waals surface area contributed by atoms with E-state index in [9.17, 15) is 39.0 Å². The molecule has 0 fully saturated rings. The predicted octanol–water partition coefficient (Wildman–Crippen LogP) is -2.88. The quantitative estimate of drug-likeness (QED) is 0.0678. The van der Waals surface area contributed by atoms with Gasteiger partial charge < -0.3 is 53.2 Å². The first kappa shape index (κ1) is 40.3. The van der Waals surface area contributed by atoms with E-state index in [0.29, 0.717) is 5.69 Å². The number of hydrogen-bond donors (Lipinski definition) is 10. The predicted molar refractivity (Wildman–Crippen MR) is 178 cm³/mol. The third-order valence-corrected chi connectivity index (χ3v) is 7.49. The molecule has 0 aliphatic heterocycles. The molecule has 49 heavy (non-hydrogen) atoms. The molecule has 12 N–H and O–H groups in total. The fourth-order valence-electron chi connectivity index (χ4n) is 4.76. The molecule has 0 spiro atoms. The molecule has 0 bridgehead atoms. The van der Waals surface area contributed by atoms with Crippen LogP contribution in [-0.2, 0) is 41.6 Å². The van der Waals surface area contributed by atoms with Crippen LogP contribution in [0.2, 0.25) is 0 Å². The van der Waals surface area contributed by atoms with Gasteiger partial charge in [-0.3, -0.25) is 28.8 Å². The largest absolute Gasteiger partial charge is 0.394 e. The van der Waals surface area contributed by atoms with Crippen molar-refractivity contribution in [1.29, 1.82) is 0 Å². The zero-order valence-electron chi connectivity index (χ0n) is 28.1. The van der Waals surface area contributed by atoms with E-state index in [1.54, 1.807) is 13.8 Å². The summed E-state index contributed by atoms with van der Waals surface area (Å²) < 4.78 is 0. The smallest absolute Gasteiger partial charge is 0.245 e. The number of aromatic amines is 1. The summed E-state index contributed by atoms with van der Waals surface area (Å²) in [5.41, 5.74) is 12.6. The molecular formula is C32H49N9O8. The Hall–Kier alpha value is -4.87. The van der Waals surface area contributed by atoms with Gasteiger partial charge in [-0.05, 0) is 30.2 Å². The fraction of sp³-hybridized carbons (Fsp3) is 0.531. The maximum absolute atomic E-state index is 13.6. The van der Waals surface area contributed by atoms with Gasteiger partial charge >= 0.3 is 0 Å². The van der Waals surface area contributed by atoms with Gasteiger partial charge in [0.25, 0.3) is 0 Å². The molecule has 17 nitrogen and oxygen atoms in total. The van der Waals surface area contributed by atoms with Gasteiger partial charge in [-0.25, -0.2) is 4.98 Å². The van der Waals surface area contributed by atoms with Gasteiger partial charge in [0.15, 0.2) is 0 Å². The lowest BCUT2D eigenvalue weighted by Gasteiger charge is -2.28. The number of carbonyl (C=O) groups excluding carboxylic acids is 6. The number of nitrogens with zero attached hydrogens (tertiary/aromatic N) is 1. The minimum absolute atomic E-state index is 0.0116. The van der Waals surface area contributed by atoms with Crippen LogP contribution in [0, 0.1) is 11.8 Å². The van der Waals surface area contributed by atoms with Gasteiger partial charge in [0.1, 0.15) is 30.2 Å². The highest BCUT2D eigenvalue weighted by molar-refractivity contribution is 5.96. The van der Waals surface area contributed by atoms with E-state index in [1.807, 2.05) is 44.2 Å². The van der Waals surface area contributed by atoms with Crippen molar-refractivity contribution in [1.82, 2.24) is 36.6 Å². The molecule has 17 heteroatoms. The lowest BCUT2D eigenvalue weighted by Crippen LogP contribution is -2.61. The number of H-pyrrole nitrogens is 1. The summed E-state index contributed by atoms with van der Waals surface area (Å²) >= 11 is 0. The van der Waals surface area contributed by atoms with E-state index < -0.39 is 90.8 Å². The number of aliphatic hydroxyl groups excluding tert-OH is 2. The number of primary amides is 1. The van der Waals surface area contributed by atoms with Gasteiger partial charge in [-0.1, -0.05) is 58.0 Å². The summed E-state index contributed by atoms with van der Waals surface area (Å²) in [6.45, 7) is 5.42. The average molecular weight is 688 g/mol. The molecule has 6 amide bonds. The summed E-state index contributed by atoms with van der Waals surface area (Å²) in [5.74, 6) is -5.30. The molecule has 1 heterocycles. The Kier molecular flexibility index (Phi) is 16.3. The van der Waals surface area contributed by atoms with Crippen molar-refractivity contribution in [3.8, 4) is 0 Å². The molecule has 1 aromatic heterocycles. The first-order valence-electron chi connectivity index (χ1n) is 16.0. The molecule has 1 aromatic carbocycles. The lowest BCUT2D eigenvalue weighted by atomic mass is 9.98. The van der Waals surface area contributed by atoms with Crippen LogP contribution >= 0.6 is 0 Å². The standard InChI is InChI=1S/C32H49N9O8/c1-17(2)10-22(37-28(45)21(33)11-19-8-6-5-7-9-19)30(47)41-26(18(3)4)32(49)38-23(12-20-13-35-16-36-20)29(46)40-25(15-43)31(48)39-24(14-42)27(34)44/h5-9,13,16-18,21-26,42-43H,10-12,14-15,33H2,1-4H3,(H2,34,44)(H,35,36)(H,37,45)(H,38,49)(H,39,48)(H,40,46)(H,41,47)/t21-,22-,23-,24-,25-,26-/m0/s1. The molecule has 2 rings (SSSR count). The van der Waals surface area contributed by atoms with Crippen LogP contribution < -0.4 is 38.1 Å². The Balaban J connectivity index is 2.21. The summed E-state index contributed by atoms with van der Waals surface area (Å²) in [6.07, 6.45) is 3.17. The van der Waals surface area contributed by atoms with E-state index in [-0.39, 0.29) is 25.2 Å². The van der Waals surface area contributed by atoms with Crippen LogP contribution in [0.15, 0.2) is 42.9 Å². The van der Waals surface area contributed by atoms with Gasteiger partial charge in [-0.15, -0.1) is 0 Å². The normalized spacial score (nSPS) is 14.9. The molecule has 0 aliphatic carbocycles. The number of aliphatic hydroxyl groups is 2.